The second kappa shape index (κ2) is 2.79. The van der Waals surface area contributed by atoms with Crippen molar-refractivity contribution in [1.82, 2.24) is 5.32 Å². The maximum Gasteiger partial charge on any atom is 0.238 e. The van der Waals surface area contributed by atoms with Crippen LogP contribution in [0.15, 0.2) is 24.3 Å². The Hall–Kier alpha value is -1.20. The average Bonchev–Trinajstić information content (AvgIpc) is 2.74. The smallest absolute Gasteiger partial charge is 0.238 e. The Morgan fingerprint density at radius 3 is 2.88 bits per heavy atom. The van der Waals surface area contributed by atoms with Gasteiger partial charge in [0.25, 0.3) is 0 Å². The summed E-state index contributed by atoms with van der Waals surface area (Å²) >= 11 is 0. The van der Waals surface area contributed by atoms with Gasteiger partial charge in [0.1, 0.15) is 10.3 Å². The molecule has 1 aliphatic carbocycles. The summed E-state index contributed by atoms with van der Waals surface area (Å²) in [7, 11) is -0.951. The minimum absolute atomic E-state index is 0.00134. The van der Waals surface area contributed by atoms with E-state index < -0.39 is 21.1 Å². The zero-order valence-electron chi connectivity index (χ0n) is 9.16. The molecule has 3 unspecified atom stereocenters. The fourth-order valence-corrected chi connectivity index (χ4v) is 5.18. The Balaban J connectivity index is 1.92. The summed E-state index contributed by atoms with van der Waals surface area (Å²) in [5, 5.41) is 6.21. The van der Waals surface area contributed by atoms with Crippen LogP contribution < -0.4 is 10.6 Å². The van der Waals surface area contributed by atoms with Crippen molar-refractivity contribution < 1.29 is 9.00 Å². The van der Waals surface area contributed by atoms with E-state index in [2.05, 4.69) is 10.6 Å². The van der Waals surface area contributed by atoms with Gasteiger partial charge in [-0.05, 0) is 11.6 Å². The van der Waals surface area contributed by atoms with E-state index in [0.29, 0.717) is 12.2 Å². The van der Waals surface area contributed by atoms with Crippen LogP contribution in [0, 0.1) is 0 Å². The lowest BCUT2D eigenvalue weighted by Gasteiger charge is -2.14. The van der Waals surface area contributed by atoms with Crippen LogP contribution in [0.5, 0.6) is 0 Å². The second-order valence-electron chi connectivity index (χ2n) is 4.89. The molecule has 1 saturated heterocycles. The molecule has 17 heavy (non-hydrogen) atoms. The molecule has 0 aromatic heterocycles. The van der Waals surface area contributed by atoms with E-state index in [1.54, 1.807) is 0 Å². The van der Waals surface area contributed by atoms with E-state index in [0.717, 1.165) is 17.8 Å². The summed E-state index contributed by atoms with van der Waals surface area (Å²) in [4.78, 5) is 11.7. The quantitative estimate of drug-likeness (QED) is 0.695. The van der Waals surface area contributed by atoms with Crippen molar-refractivity contribution in [1.29, 1.82) is 0 Å². The average molecular weight is 248 g/mol. The number of nitrogens with one attached hydrogen (secondary N) is 2. The lowest BCUT2D eigenvalue weighted by atomic mass is 9.96. The normalized spacial score (nSPS) is 41.9. The summed E-state index contributed by atoms with van der Waals surface area (Å²) in [6.07, 6.45) is 0.662. The number of carbonyl (C=O) groups is 1. The third-order valence-electron chi connectivity index (χ3n) is 4.19. The molecule has 88 valence electrons. The van der Waals surface area contributed by atoms with Gasteiger partial charge in [-0.3, -0.25) is 14.3 Å². The second-order valence-corrected chi connectivity index (χ2v) is 6.68. The lowest BCUT2D eigenvalue weighted by Crippen LogP contribution is -2.39. The van der Waals surface area contributed by atoms with Crippen LogP contribution in [0.4, 0.5) is 5.69 Å². The van der Waals surface area contributed by atoms with Gasteiger partial charge >= 0.3 is 0 Å². The minimum atomic E-state index is -0.951. The maximum atomic E-state index is 12.2. The van der Waals surface area contributed by atoms with Crippen LogP contribution in [-0.2, 0) is 21.0 Å². The number of rotatable bonds is 0. The van der Waals surface area contributed by atoms with Gasteiger partial charge in [-0.25, -0.2) is 0 Å². The largest absolute Gasteiger partial charge is 0.325 e. The van der Waals surface area contributed by atoms with Gasteiger partial charge < -0.3 is 5.32 Å². The minimum Gasteiger partial charge on any atom is -0.325 e. The maximum absolute atomic E-state index is 12.2. The van der Waals surface area contributed by atoms with Gasteiger partial charge in [-0.2, -0.15) is 0 Å². The lowest BCUT2D eigenvalue weighted by molar-refractivity contribution is -0.118. The molecule has 4 nitrogen and oxygen atoms in total. The fraction of sp³-hybridized carbons (Fsp3) is 0.417. The molecule has 1 saturated carbocycles. The van der Waals surface area contributed by atoms with Crippen molar-refractivity contribution in [2.45, 2.75) is 16.7 Å². The van der Waals surface area contributed by atoms with Crippen LogP contribution in [0.2, 0.25) is 0 Å². The first-order valence-electron chi connectivity index (χ1n) is 5.75. The molecule has 1 amide bonds. The number of fused-ring (bicyclic) bond motifs is 3. The topological polar surface area (TPSA) is 58.2 Å². The number of para-hydroxylation sites is 1. The Kier molecular flexibility index (Phi) is 1.61. The van der Waals surface area contributed by atoms with Crippen molar-refractivity contribution in [2.24, 2.45) is 0 Å². The van der Waals surface area contributed by atoms with Crippen molar-refractivity contribution in [3.63, 3.8) is 0 Å². The number of amides is 1. The SMILES string of the molecule is O=C1Nc2ccccc2C12CC21NCCS1=O. The molecule has 2 spiro atoms. The van der Waals surface area contributed by atoms with Gasteiger partial charge in [0.15, 0.2) is 0 Å². The van der Waals surface area contributed by atoms with Gasteiger partial charge in [0, 0.05) is 35.2 Å². The molecule has 2 heterocycles. The van der Waals surface area contributed by atoms with Gasteiger partial charge in [0.05, 0.1) is 0 Å². The van der Waals surface area contributed by atoms with Crippen molar-refractivity contribution in [2.75, 3.05) is 17.6 Å². The number of anilines is 1. The van der Waals surface area contributed by atoms with Crippen molar-refractivity contribution in [3.05, 3.63) is 29.8 Å². The van der Waals surface area contributed by atoms with E-state index in [4.69, 9.17) is 0 Å². The first-order valence-corrected chi connectivity index (χ1v) is 7.07. The molecule has 3 atom stereocenters. The van der Waals surface area contributed by atoms with Crippen LogP contribution in [-0.4, -0.2) is 27.3 Å². The molecule has 2 fully saturated rings. The van der Waals surface area contributed by atoms with E-state index in [1.165, 1.54) is 0 Å². The van der Waals surface area contributed by atoms with Gasteiger partial charge in [-0.1, -0.05) is 18.2 Å². The Bertz CT molecular complexity index is 573. The summed E-state index contributed by atoms with van der Waals surface area (Å²) in [6, 6.07) is 7.72. The number of hydrogen-bond acceptors (Lipinski definition) is 3. The first-order chi connectivity index (χ1) is 8.21. The standard InChI is InChI=1S/C12H12N2O2S/c15-10-11(7-12(11)13-5-6-17(12)16)8-3-1-2-4-9(8)14-10/h1-4,13H,5-7H2,(H,14,15). The number of hydrogen-bond donors (Lipinski definition) is 2. The molecule has 1 aromatic carbocycles. The molecule has 2 aliphatic heterocycles. The molecule has 2 N–H and O–H groups in total. The first kappa shape index (κ1) is 9.79. The molecule has 1 aromatic rings. The zero-order valence-corrected chi connectivity index (χ0v) is 9.97. The third-order valence-corrected chi connectivity index (χ3v) is 6.18. The van der Waals surface area contributed by atoms with Crippen LogP contribution in [0.1, 0.15) is 12.0 Å². The van der Waals surface area contributed by atoms with Crippen LogP contribution >= 0.6 is 0 Å². The molecule has 3 aliphatic rings. The highest BCUT2D eigenvalue weighted by Gasteiger charge is 2.79. The molecular weight excluding hydrogens is 236 g/mol. The van der Waals surface area contributed by atoms with Gasteiger partial charge in [-0.15, -0.1) is 0 Å². The Morgan fingerprint density at radius 1 is 1.29 bits per heavy atom. The summed E-state index contributed by atoms with van der Waals surface area (Å²) in [5.41, 5.74) is 1.30. The highest BCUT2D eigenvalue weighted by Crippen LogP contribution is 2.65. The monoisotopic (exact) mass is 248 g/mol. The third kappa shape index (κ3) is 0.904. The summed E-state index contributed by atoms with van der Waals surface area (Å²) in [6.45, 7) is 0.740. The van der Waals surface area contributed by atoms with Crippen molar-refractivity contribution in [3.8, 4) is 0 Å². The zero-order chi connectivity index (χ0) is 11.7. The highest BCUT2D eigenvalue weighted by atomic mass is 32.2. The Morgan fingerprint density at radius 2 is 2.12 bits per heavy atom. The van der Waals surface area contributed by atoms with Gasteiger partial charge in [0.2, 0.25) is 5.91 Å². The number of carbonyl (C=O) groups excluding carboxylic acids is 1. The summed E-state index contributed by atoms with van der Waals surface area (Å²) < 4.78 is 12.1. The molecule has 4 rings (SSSR count). The fourth-order valence-electron chi connectivity index (χ4n) is 3.31. The molecule has 0 bridgehead atoms. The number of benzene rings is 1. The Labute approximate surface area is 101 Å². The molecular formula is C12H12N2O2S. The highest BCUT2D eigenvalue weighted by molar-refractivity contribution is 7.87. The van der Waals surface area contributed by atoms with E-state index >= 15 is 0 Å². The summed E-state index contributed by atoms with van der Waals surface area (Å²) in [5.74, 6) is 0.651. The van der Waals surface area contributed by atoms with Crippen molar-refractivity contribution >= 4 is 22.4 Å². The van der Waals surface area contributed by atoms with E-state index in [1.807, 2.05) is 24.3 Å². The van der Waals surface area contributed by atoms with Crippen LogP contribution in [0.3, 0.4) is 0 Å². The molecule has 5 heteroatoms. The molecule has 0 radical (unpaired) electrons. The van der Waals surface area contributed by atoms with Crippen LogP contribution in [0.25, 0.3) is 0 Å². The van der Waals surface area contributed by atoms with E-state index in [-0.39, 0.29) is 5.91 Å². The predicted octanol–water partition coefficient (Wildman–Crippen LogP) is 0.328. The van der Waals surface area contributed by atoms with E-state index in [9.17, 15) is 9.00 Å². The predicted molar refractivity (Wildman–Crippen MR) is 65.1 cm³/mol.